The molecule has 0 unspecified atom stereocenters. The Hall–Kier alpha value is -1.10. The van der Waals surface area contributed by atoms with Gasteiger partial charge in [-0.15, -0.1) is 0 Å². The number of pyridine rings is 1. The number of rotatable bonds is 3. The first-order valence-corrected chi connectivity index (χ1v) is 7.47. The maximum Gasteiger partial charge on any atom is 0.216 e. The molecule has 0 bridgehead atoms. The number of aryl methyl sites for hydroxylation is 1. The van der Waals surface area contributed by atoms with Gasteiger partial charge in [-0.25, -0.2) is 4.98 Å². The molecule has 104 valence electrons. The highest BCUT2D eigenvalue weighted by molar-refractivity contribution is 9.10. The van der Waals surface area contributed by atoms with E-state index < -0.39 is 0 Å². The minimum atomic E-state index is 0.0628. The van der Waals surface area contributed by atoms with Gasteiger partial charge in [0.05, 0.1) is 0 Å². The van der Waals surface area contributed by atoms with E-state index in [1.165, 1.54) is 5.56 Å². The molecule has 1 saturated heterocycles. The number of hydrogen-bond acceptors (Lipinski definition) is 3. The van der Waals surface area contributed by atoms with E-state index in [0.717, 1.165) is 42.8 Å². The third-order valence-corrected chi connectivity index (χ3v) is 4.00. The molecule has 1 aromatic heterocycles. The van der Waals surface area contributed by atoms with Gasteiger partial charge in [0.2, 0.25) is 5.91 Å². The summed E-state index contributed by atoms with van der Waals surface area (Å²) in [6.45, 7) is 6.50. The largest absolute Gasteiger partial charge is 0.356 e. The predicted octanol–water partition coefficient (Wildman–Crippen LogP) is 2.51. The highest BCUT2D eigenvalue weighted by Crippen LogP contribution is 2.25. The highest BCUT2D eigenvalue weighted by atomic mass is 79.9. The predicted molar refractivity (Wildman–Crippen MR) is 80.3 cm³/mol. The molecule has 1 N–H and O–H groups in total. The third kappa shape index (κ3) is 3.93. The van der Waals surface area contributed by atoms with Crippen LogP contribution >= 0.6 is 15.9 Å². The average Bonchev–Trinajstić information content (AvgIpc) is 2.37. The molecule has 0 atom stereocenters. The van der Waals surface area contributed by atoms with Crippen molar-refractivity contribution in [3.05, 3.63) is 22.3 Å². The fourth-order valence-electron chi connectivity index (χ4n) is 2.50. The molecule has 0 aliphatic carbocycles. The second-order valence-corrected chi connectivity index (χ2v) is 6.08. The lowest BCUT2D eigenvalue weighted by Crippen LogP contribution is -2.38. The van der Waals surface area contributed by atoms with Gasteiger partial charge in [0.15, 0.2) is 0 Å². The van der Waals surface area contributed by atoms with Gasteiger partial charge < -0.3 is 10.2 Å². The van der Waals surface area contributed by atoms with Crippen LogP contribution in [0.1, 0.15) is 25.3 Å². The molecule has 19 heavy (non-hydrogen) atoms. The van der Waals surface area contributed by atoms with Crippen LogP contribution in [-0.4, -0.2) is 30.5 Å². The minimum Gasteiger partial charge on any atom is -0.356 e. The van der Waals surface area contributed by atoms with Crippen LogP contribution in [0.25, 0.3) is 0 Å². The van der Waals surface area contributed by atoms with Crippen molar-refractivity contribution in [3.63, 3.8) is 0 Å². The standard InChI is InChI=1S/C14H20BrN3O/c1-10-7-13(15)9-17-14(10)18-5-3-12(4-6-18)8-16-11(2)19/h7,9,12H,3-6,8H2,1-2H3,(H,16,19). The molecule has 2 rings (SSSR count). The van der Waals surface area contributed by atoms with E-state index in [1.54, 1.807) is 6.92 Å². The van der Waals surface area contributed by atoms with E-state index in [9.17, 15) is 4.79 Å². The summed E-state index contributed by atoms with van der Waals surface area (Å²) < 4.78 is 1.02. The van der Waals surface area contributed by atoms with Crippen LogP contribution < -0.4 is 10.2 Å². The number of halogens is 1. The monoisotopic (exact) mass is 325 g/mol. The molecule has 0 aromatic carbocycles. The Balaban J connectivity index is 1.90. The van der Waals surface area contributed by atoms with Crippen molar-refractivity contribution >= 4 is 27.7 Å². The van der Waals surface area contributed by atoms with Gasteiger partial charge in [0.25, 0.3) is 0 Å². The Kier molecular flexibility index (Phi) is 4.80. The van der Waals surface area contributed by atoms with Crippen molar-refractivity contribution in [1.82, 2.24) is 10.3 Å². The van der Waals surface area contributed by atoms with Crippen molar-refractivity contribution in [1.29, 1.82) is 0 Å². The highest BCUT2D eigenvalue weighted by Gasteiger charge is 2.21. The first-order valence-electron chi connectivity index (χ1n) is 6.68. The fraction of sp³-hybridized carbons (Fsp3) is 0.571. The summed E-state index contributed by atoms with van der Waals surface area (Å²) in [5, 5.41) is 2.91. The van der Waals surface area contributed by atoms with Gasteiger partial charge in [-0.3, -0.25) is 4.79 Å². The molecule has 5 heteroatoms. The Labute approximate surface area is 122 Å². The maximum atomic E-state index is 10.9. The number of carbonyl (C=O) groups is 1. The van der Waals surface area contributed by atoms with Gasteiger partial charge in [0.1, 0.15) is 5.82 Å². The van der Waals surface area contributed by atoms with Gasteiger partial charge in [-0.05, 0) is 53.2 Å². The van der Waals surface area contributed by atoms with Crippen molar-refractivity contribution in [2.24, 2.45) is 5.92 Å². The summed E-state index contributed by atoms with van der Waals surface area (Å²) in [7, 11) is 0. The van der Waals surface area contributed by atoms with E-state index >= 15 is 0 Å². The van der Waals surface area contributed by atoms with Crippen LogP contribution in [-0.2, 0) is 4.79 Å². The maximum absolute atomic E-state index is 10.9. The number of piperidine rings is 1. The van der Waals surface area contributed by atoms with Gasteiger partial charge in [0, 0.05) is 37.2 Å². The van der Waals surface area contributed by atoms with E-state index in [4.69, 9.17) is 0 Å². The molecule has 0 saturated carbocycles. The quantitative estimate of drug-likeness (QED) is 0.928. The van der Waals surface area contributed by atoms with E-state index in [0.29, 0.717) is 5.92 Å². The Morgan fingerprint density at radius 2 is 2.21 bits per heavy atom. The molecule has 0 spiro atoms. The number of nitrogens with zero attached hydrogens (tertiary/aromatic N) is 2. The lowest BCUT2D eigenvalue weighted by molar-refractivity contribution is -0.119. The molecular weight excluding hydrogens is 306 g/mol. The van der Waals surface area contributed by atoms with Crippen LogP contribution in [0.5, 0.6) is 0 Å². The Morgan fingerprint density at radius 3 is 2.79 bits per heavy atom. The number of carbonyl (C=O) groups excluding carboxylic acids is 1. The van der Waals surface area contributed by atoms with Crippen LogP contribution in [0.4, 0.5) is 5.82 Å². The summed E-state index contributed by atoms with van der Waals surface area (Å²) >= 11 is 3.44. The number of amides is 1. The second kappa shape index (κ2) is 6.37. The van der Waals surface area contributed by atoms with Gasteiger partial charge in [-0.1, -0.05) is 0 Å². The fourth-order valence-corrected chi connectivity index (χ4v) is 2.95. The first kappa shape index (κ1) is 14.3. The van der Waals surface area contributed by atoms with Crippen LogP contribution in [0.2, 0.25) is 0 Å². The summed E-state index contributed by atoms with van der Waals surface area (Å²) in [6.07, 6.45) is 4.07. The molecule has 1 aromatic rings. The summed E-state index contributed by atoms with van der Waals surface area (Å²) in [5.41, 5.74) is 1.20. The summed E-state index contributed by atoms with van der Waals surface area (Å²) in [4.78, 5) is 17.8. The van der Waals surface area contributed by atoms with Gasteiger partial charge in [-0.2, -0.15) is 0 Å². The SMILES string of the molecule is CC(=O)NCC1CCN(c2ncc(Br)cc2C)CC1. The van der Waals surface area contributed by atoms with Crippen LogP contribution in [0.3, 0.4) is 0 Å². The average molecular weight is 326 g/mol. The zero-order chi connectivity index (χ0) is 13.8. The molecular formula is C14H20BrN3O. The lowest BCUT2D eigenvalue weighted by Gasteiger charge is -2.33. The first-order chi connectivity index (χ1) is 9.06. The Morgan fingerprint density at radius 1 is 1.53 bits per heavy atom. The van der Waals surface area contributed by atoms with Crippen molar-refractivity contribution in [3.8, 4) is 0 Å². The smallest absolute Gasteiger partial charge is 0.216 e. The number of aromatic nitrogens is 1. The number of anilines is 1. The zero-order valence-electron chi connectivity index (χ0n) is 11.4. The molecule has 2 heterocycles. The third-order valence-electron chi connectivity index (χ3n) is 3.57. The molecule has 0 radical (unpaired) electrons. The van der Waals surface area contributed by atoms with Gasteiger partial charge >= 0.3 is 0 Å². The molecule has 1 aliphatic rings. The van der Waals surface area contributed by atoms with Crippen molar-refractivity contribution in [2.75, 3.05) is 24.5 Å². The molecule has 1 aliphatic heterocycles. The summed E-state index contributed by atoms with van der Waals surface area (Å²) in [6, 6.07) is 2.10. The number of nitrogens with one attached hydrogen (secondary N) is 1. The Bertz CT molecular complexity index is 456. The minimum absolute atomic E-state index is 0.0628. The molecule has 1 fully saturated rings. The van der Waals surface area contributed by atoms with E-state index in [-0.39, 0.29) is 5.91 Å². The normalized spacial score (nSPS) is 16.5. The van der Waals surface area contributed by atoms with E-state index in [1.807, 2.05) is 6.20 Å². The molecule has 1 amide bonds. The molecule has 4 nitrogen and oxygen atoms in total. The lowest BCUT2D eigenvalue weighted by atomic mass is 9.96. The van der Waals surface area contributed by atoms with Crippen LogP contribution in [0.15, 0.2) is 16.7 Å². The summed E-state index contributed by atoms with van der Waals surface area (Å²) in [5.74, 6) is 1.74. The van der Waals surface area contributed by atoms with Crippen LogP contribution in [0, 0.1) is 12.8 Å². The van der Waals surface area contributed by atoms with E-state index in [2.05, 4.69) is 44.1 Å². The van der Waals surface area contributed by atoms with Crippen molar-refractivity contribution in [2.45, 2.75) is 26.7 Å². The second-order valence-electron chi connectivity index (χ2n) is 5.16. The topological polar surface area (TPSA) is 45.2 Å². The number of hydrogen-bond donors (Lipinski definition) is 1. The zero-order valence-corrected chi connectivity index (χ0v) is 13.0. The van der Waals surface area contributed by atoms with Crippen molar-refractivity contribution < 1.29 is 4.79 Å².